The number of amides is 3. The molecular formula is C26H31N3O4. The van der Waals surface area contributed by atoms with E-state index in [4.69, 9.17) is 4.74 Å². The van der Waals surface area contributed by atoms with E-state index in [0.717, 1.165) is 16.9 Å². The van der Waals surface area contributed by atoms with Crippen molar-refractivity contribution in [2.75, 3.05) is 33.3 Å². The van der Waals surface area contributed by atoms with Gasteiger partial charge in [-0.15, -0.1) is 0 Å². The molecule has 2 aromatic rings. The summed E-state index contributed by atoms with van der Waals surface area (Å²) in [6.07, 6.45) is 1.75. The van der Waals surface area contributed by atoms with Crippen molar-refractivity contribution in [1.82, 2.24) is 14.7 Å². The third kappa shape index (κ3) is 5.35. The minimum atomic E-state index is -0.431. The molecule has 2 aliphatic rings. The zero-order valence-electron chi connectivity index (χ0n) is 19.3. The maximum absolute atomic E-state index is 12.8. The Balaban J connectivity index is 1.27. The van der Waals surface area contributed by atoms with Crippen LogP contribution in [0.2, 0.25) is 0 Å². The number of carbonyl (C=O) groups is 3. The largest absolute Gasteiger partial charge is 0.497 e. The molecule has 2 fully saturated rings. The standard InChI is InChI=1S/C26H31N3O4/c1-19-3-5-21(6-4-19)18-28-15-16-29(26(32)25(28)31)22-11-13-27(14-12-22)24(30)17-20-7-9-23(33-2)10-8-20/h3-10,22H,11-18H2,1-2H3. The highest BCUT2D eigenvalue weighted by atomic mass is 16.5. The summed E-state index contributed by atoms with van der Waals surface area (Å²) in [7, 11) is 1.62. The molecule has 0 aromatic heterocycles. The zero-order chi connectivity index (χ0) is 23.4. The fraction of sp³-hybridized carbons (Fsp3) is 0.423. The van der Waals surface area contributed by atoms with Gasteiger partial charge in [-0.1, -0.05) is 42.0 Å². The van der Waals surface area contributed by atoms with Gasteiger partial charge in [-0.05, 0) is 43.0 Å². The number of piperazine rings is 1. The average Bonchev–Trinajstić information content (AvgIpc) is 2.84. The molecule has 0 unspecified atom stereocenters. The minimum absolute atomic E-state index is 0.00742. The van der Waals surface area contributed by atoms with Crippen molar-refractivity contribution in [2.45, 2.75) is 38.8 Å². The lowest BCUT2D eigenvalue weighted by molar-refractivity contribution is -0.159. The van der Waals surface area contributed by atoms with Crippen LogP contribution in [-0.4, -0.2) is 71.8 Å². The van der Waals surface area contributed by atoms with Crippen molar-refractivity contribution in [2.24, 2.45) is 0 Å². The number of benzene rings is 2. The van der Waals surface area contributed by atoms with Gasteiger partial charge in [0.15, 0.2) is 0 Å². The summed E-state index contributed by atoms with van der Waals surface area (Å²) in [5.74, 6) is 0.00494. The number of hydrogen-bond acceptors (Lipinski definition) is 4. The molecule has 0 radical (unpaired) electrons. The number of carbonyl (C=O) groups excluding carboxylic acids is 3. The van der Waals surface area contributed by atoms with Gasteiger partial charge in [0.2, 0.25) is 5.91 Å². The van der Waals surface area contributed by atoms with Crippen molar-refractivity contribution < 1.29 is 19.1 Å². The molecule has 4 rings (SSSR count). The lowest BCUT2D eigenvalue weighted by Gasteiger charge is -2.42. The molecule has 0 N–H and O–H groups in total. The van der Waals surface area contributed by atoms with Crippen molar-refractivity contribution >= 4 is 17.7 Å². The summed E-state index contributed by atoms with van der Waals surface area (Å²) in [6, 6.07) is 15.6. The van der Waals surface area contributed by atoms with Gasteiger partial charge in [-0.25, -0.2) is 0 Å². The molecule has 0 saturated carbocycles. The minimum Gasteiger partial charge on any atom is -0.497 e. The first-order valence-electron chi connectivity index (χ1n) is 11.5. The second-order valence-corrected chi connectivity index (χ2v) is 8.85. The molecule has 7 nitrogen and oxygen atoms in total. The van der Waals surface area contributed by atoms with Crippen LogP contribution in [0, 0.1) is 6.92 Å². The second-order valence-electron chi connectivity index (χ2n) is 8.85. The van der Waals surface area contributed by atoms with Crippen molar-refractivity contribution in [3.8, 4) is 5.75 Å². The van der Waals surface area contributed by atoms with Crippen LogP contribution in [0.25, 0.3) is 0 Å². The van der Waals surface area contributed by atoms with Crippen molar-refractivity contribution in [3.63, 3.8) is 0 Å². The fourth-order valence-corrected chi connectivity index (χ4v) is 4.56. The predicted octanol–water partition coefficient (Wildman–Crippen LogP) is 2.41. The number of rotatable bonds is 6. The third-order valence-electron chi connectivity index (χ3n) is 6.61. The van der Waals surface area contributed by atoms with Gasteiger partial charge in [0, 0.05) is 38.8 Å². The van der Waals surface area contributed by atoms with Crippen LogP contribution in [-0.2, 0) is 27.3 Å². The van der Waals surface area contributed by atoms with Gasteiger partial charge in [0.1, 0.15) is 5.75 Å². The first kappa shape index (κ1) is 22.8. The van der Waals surface area contributed by atoms with Gasteiger partial charge in [0.25, 0.3) is 0 Å². The molecule has 0 spiro atoms. The summed E-state index contributed by atoms with van der Waals surface area (Å²) in [4.78, 5) is 43.5. The fourth-order valence-electron chi connectivity index (χ4n) is 4.56. The van der Waals surface area contributed by atoms with Gasteiger partial charge >= 0.3 is 11.8 Å². The number of hydrogen-bond donors (Lipinski definition) is 0. The number of likely N-dealkylation sites (tertiary alicyclic amines) is 1. The Morgan fingerprint density at radius 3 is 2.15 bits per heavy atom. The van der Waals surface area contributed by atoms with Crippen molar-refractivity contribution in [1.29, 1.82) is 0 Å². The van der Waals surface area contributed by atoms with Crippen LogP contribution < -0.4 is 4.74 Å². The Hall–Kier alpha value is -3.35. The lowest BCUT2D eigenvalue weighted by atomic mass is 10.0. The van der Waals surface area contributed by atoms with E-state index < -0.39 is 11.8 Å². The molecule has 3 amide bonds. The number of methoxy groups -OCH3 is 1. The summed E-state index contributed by atoms with van der Waals surface area (Å²) in [5.41, 5.74) is 3.15. The molecule has 2 heterocycles. The number of nitrogens with zero attached hydrogens (tertiary/aromatic N) is 3. The van der Waals surface area contributed by atoms with E-state index in [1.165, 1.54) is 5.56 Å². The highest BCUT2D eigenvalue weighted by Crippen LogP contribution is 2.22. The van der Waals surface area contributed by atoms with E-state index in [-0.39, 0.29) is 11.9 Å². The maximum Gasteiger partial charge on any atom is 0.312 e. The Bertz CT molecular complexity index is 995. The van der Waals surface area contributed by atoms with Crippen LogP contribution in [0.15, 0.2) is 48.5 Å². The monoisotopic (exact) mass is 449 g/mol. The topological polar surface area (TPSA) is 70.2 Å². The van der Waals surface area contributed by atoms with Crippen LogP contribution in [0.3, 0.4) is 0 Å². The molecule has 174 valence electrons. The SMILES string of the molecule is COc1ccc(CC(=O)N2CCC(N3CCN(Cc4ccc(C)cc4)C(=O)C3=O)CC2)cc1. The van der Waals surface area contributed by atoms with Gasteiger partial charge in [-0.2, -0.15) is 0 Å². The number of piperidine rings is 1. The highest BCUT2D eigenvalue weighted by Gasteiger charge is 2.37. The van der Waals surface area contributed by atoms with E-state index in [2.05, 4.69) is 0 Å². The Morgan fingerprint density at radius 1 is 0.879 bits per heavy atom. The molecule has 2 aliphatic heterocycles. The van der Waals surface area contributed by atoms with E-state index >= 15 is 0 Å². The molecule has 0 bridgehead atoms. The summed E-state index contributed by atoms with van der Waals surface area (Å²) < 4.78 is 5.16. The quantitative estimate of drug-likeness (QED) is 0.635. The average molecular weight is 450 g/mol. The van der Waals surface area contributed by atoms with E-state index in [0.29, 0.717) is 52.0 Å². The zero-order valence-corrected chi connectivity index (χ0v) is 19.3. The van der Waals surface area contributed by atoms with Gasteiger partial charge in [0.05, 0.1) is 13.5 Å². The predicted molar refractivity (Wildman–Crippen MR) is 125 cm³/mol. The number of aryl methyl sites for hydroxylation is 1. The van der Waals surface area contributed by atoms with Gasteiger partial charge < -0.3 is 19.4 Å². The maximum atomic E-state index is 12.8. The lowest BCUT2D eigenvalue weighted by Crippen LogP contribution is -2.59. The first-order chi connectivity index (χ1) is 15.9. The molecule has 2 saturated heterocycles. The summed E-state index contributed by atoms with van der Waals surface area (Å²) in [5, 5.41) is 0. The van der Waals surface area contributed by atoms with E-state index in [9.17, 15) is 14.4 Å². The molecule has 0 aliphatic carbocycles. The Kier molecular flexibility index (Phi) is 6.96. The summed E-state index contributed by atoms with van der Waals surface area (Å²) in [6.45, 7) is 4.76. The van der Waals surface area contributed by atoms with Crippen LogP contribution >= 0.6 is 0 Å². The molecule has 33 heavy (non-hydrogen) atoms. The van der Waals surface area contributed by atoms with E-state index in [1.807, 2.05) is 60.4 Å². The van der Waals surface area contributed by atoms with Crippen LogP contribution in [0.5, 0.6) is 5.75 Å². The highest BCUT2D eigenvalue weighted by molar-refractivity contribution is 6.35. The second kappa shape index (κ2) is 10.1. The van der Waals surface area contributed by atoms with Crippen LogP contribution in [0.4, 0.5) is 0 Å². The van der Waals surface area contributed by atoms with Gasteiger partial charge in [-0.3, -0.25) is 14.4 Å². The third-order valence-corrected chi connectivity index (χ3v) is 6.61. The molecule has 0 atom stereocenters. The summed E-state index contributed by atoms with van der Waals surface area (Å²) >= 11 is 0. The molecule has 7 heteroatoms. The Labute approximate surface area is 194 Å². The van der Waals surface area contributed by atoms with E-state index in [1.54, 1.807) is 16.9 Å². The van der Waals surface area contributed by atoms with Crippen LogP contribution in [0.1, 0.15) is 29.5 Å². The van der Waals surface area contributed by atoms with Crippen molar-refractivity contribution in [3.05, 3.63) is 65.2 Å². The smallest absolute Gasteiger partial charge is 0.312 e. The molecular weight excluding hydrogens is 418 g/mol. The normalized spacial score (nSPS) is 17.5. The number of ether oxygens (including phenoxy) is 1. The first-order valence-corrected chi connectivity index (χ1v) is 11.5. The Morgan fingerprint density at radius 2 is 1.52 bits per heavy atom. The molecule has 2 aromatic carbocycles.